The van der Waals surface area contributed by atoms with Crippen molar-refractivity contribution in [2.45, 2.75) is 0 Å². The first kappa shape index (κ1) is 24.1. The number of aryl methyl sites for hydroxylation is 1. The first-order chi connectivity index (χ1) is 21.1. The maximum atomic E-state index is 5.13. The summed E-state index contributed by atoms with van der Waals surface area (Å²) in [5.74, 6) is 0.967. The molecule has 206 valence electrons. The lowest BCUT2D eigenvalue weighted by Crippen LogP contribution is -2.24. The molecule has 0 bridgehead atoms. The first-order valence-electron chi connectivity index (χ1n) is 14.7. The number of nitrogens with zero attached hydrogens (tertiary/aromatic N) is 5. The van der Waals surface area contributed by atoms with E-state index >= 15 is 0 Å². The van der Waals surface area contributed by atoms with Gasteiger partial charge in [-0.2, -0.15) is 0 Å². The van der Waals surface area contributed by atoms with Crippen molar-refractivity contribution in [2.75, 3.05) is 23.5 Å². The zero-order chi connectivity index (χ0) is 28.7. The van der Waals surface area contributed by atoms with Gasteiger partial charge in [0.15, 0.2) is 0 Å². The molecular weight excluding hydrogens is 526 g/mol. The van der Waals surface area contributed by atoms with E-state index in [1.54, 1.807) is 0 Å². The van der Waals surface area contributed by atoms with E-state index in [4.69, 9.17) is 4.98 Å². The van der Waals surface area contributed by atoms with Gasteiger partial charge in [0.05, 0.1) is 40.1 Å². The van der Waals surface area contributed by atoms with Crippen molar-refractivity contribution in [3.05, 3.63) is 127 Å². The fourth-order valence-corrected chi connectivity index (χ4v) is 6.92. The second-order valence-corrected chi connectivity index (χ2v) is 11.5. The van der Waals surface area contributed by atoms with Gasteiger partial charge in [-0.15, -0.1) is 0 Å². The van der Waals surface area contributed by atoms with Crippen LogP contribution in [0.2, 0.25) is 0 Å². The second-order valence-electron chi connectivity index (χ2n) is 11.5. The highest BCUT2D eigenvalue weighted by atomic mass is 15.4. The number of para-hydroxylation sites is 3. The number of hydrogen-bond donors (Lipinski definition) is 0. The minimum atomic E-state index is 0.821. The van der Waals surface area contributed by atoms with Crippen molar-refractivity contribution < 1.29 is 0 Å². The average molecular weight is 556 g/mol. The van der Waals surface area contributed by atoms with E-state index < -0.39 is 0 Å². The van der Waals surface area contributed by atoms with Crippen molar-refractivity contribution in [3.63, 3.8) is 0 Å². The fraction of sp³-hybridized carbons (Fsp3) is 0.0789. The van der Waals surface area contributed by atoms with Gasteiger partial charge in [-0.1, -0.05) is 72.8 Å². The molecule has 3 heterocycles. The van der Waals surface area contributed by atoms with E-state index in [-0.39, 0.29) is 0 Å². The lowest BCUT2D eigenvalue weighted by molar-refractivity contribution is 0.948. The lowest BCUT2D eigenvalue weighted by atomic mass is 10.1. The van der Waals surface area contributed by atoms with Crippen molar-refractivity contribution in [1.82, 2.24) is 14.1 Å². The molecule has 1 aliphatic heterocycles. The summed E-state index contributed by atoms with van der Waals surface area (Å²) < 4.78 is 4.62. The number of aromatic nitrogens is 3. The predicted octanol–water partition coefficient (Wildman–Crippen LogP) is 9.04. The molecular formula is C38H29N5. The van der Waals surface area contributed by atoms with Gasteiger partial charge in [-0.3, -0.25) is 0 Å². The summed E-state index contributed by atoms with van der Waals surface area (Å²) in [6, 6.07) is 46.0. The summed E-state index contributed by atoms with van der Waals surface area (Å²) >= 11 is 0. The van der Waals surface area contributed by atoms with Crippen molar-refractivity contribution >= 4 is 60.7 Å². The summed E-state index contributed by atoms with van der Waals surface area (Å²) in [6.45, 7) is 0.821. The second kappa shape index (κ2) is 8.97. The predicted molar refractivity (Wildman–Crippen MR) is 180 cm³/mol. The molecule has 0 aliphatic carbocycles. The largest absolute Gasteiger partial charge is 0.355 e. The third kappa shape index (κ3) is 3.55. The van der Waals surface area contributed by atoms with Crippen LogP contribution in [0.5, 0.6) is 0 Å². The van der Waals surface area contributed by atoms with E-state index in [0.717, 1.165) is 34.8 Å². The van der Waals surface area contributed by atoms with Crippen LogP contribution in [0.25, 0.3) is 60.7 Å². The maximum absolute atomic E-state index is 5.13. The lowest BCUT2D eigenvalue weighted by Gasteiger charge is -2.21. The van der Waals surface area contributed by atoms with E-state index in [1.807, 2.05) is 0 Å². The van der Waals surface area contributed by atoms with E-state index in [0.29, 0.717) is 0 Å². The molecule has 1 aliphatic rings. The third-order valence-electron chi connectivity index (χ3n) is 9.02. The molecule has 0 N–H and O–H groups in total. The molecule has 0 spiro atoms. The van der Waals surface area contributed by atoms with Gasteiger partial charge in [0, 0.05) is 41.8 Å². The Labute approximate surface area is 249 Å². The Bertz CT molecular complexity index is 2380. The number of benzene rings is 6. The molecule has 0 amide bonds. The highest BCUT2D eigenvalue weighted by Gasteiger charge is 2.24. The van der Waals surface area contributed by atoms with Crippen LogP contribution in [-0.4, -0.2) is 27.8 Å². The number of fused-ring (bicyclic) bond motifs is 6. The summed E-state index contributed by atoms with van der Waals surface area (Å²) in [7, 11) is 4.27. The maximum Gasteiger partial charge on any atom is 0.140 e. The van der Waals surface area contributed by atoms with Crippen LogP contribution >= 0.6 is 0 Å². The standard InChI is InChI=1S/C38H29N5/c1-40-24-42(35-17-8-7-16-34(35)40)28-12-9-13-29(23-28)43-33-15-6-5-14-30(33)31-19-18-27(22-36(31)43)38-39-32-20-25-10-3-4-11-26(25)21-37(32)41(38)2/h3-23H,24H2,1-2H3. The van der Waals surface area contributed by atoms with Crippen LogP contribution < -0.4 is 9.80 Å². The summed E-state index contributed by atoms with van der Waals surface area (Å²) in [6.07, 6.45) is 0. The summed E-state index contributed by atoms with van der Waals surface area (Å²) in [5, 5.41) is 4.92. The number of imidazole rings is 1. The third-order valence-corrected chi connectivity index (χ3v) is 9.02. The first-order valence-corrected chi connectivity index (χ1v) is 14.7. The van der Waals surface area contributed by atoms with Crippen LogP contribution in [0.15, 0.2) is 127 Å². The van der Waals surface area contributed by atoms with Crippen LogP contribution in [-0.2, 0) is 7.05 Å². The molecule has 2 aromatic heterocycles. The summed E-state index contributed by atoms with van der Waals surface area (Å²) in [5.41, 5.74) is 10.4. The molecule has 0 radical (unpaired) electrons. The monoisotopic (exact) mass is 555 g/mol. The molecule has 6 aromatic carbocycles. The minimum absolute atomic E-state index is 0.821. The quantitative estimate of drug-likeness (QED) is 0.218. The highest BCUT2D eigenvalue weighted by molar-refractivity contribution is 6.10. The van der Waals surface area contributed by atoms with Gasteiger partial charge >= 0.3 is 0 Å². The van der Waals surface area contributed by atoms with Crippen LogP contribution in [0.1, 0.15) is 0 Å². The zero-order valence-corrected chi connectivity index (χ0v) is 24.1. The highest BCUT2D eigenvalue weighted by Crippen LogP contribution is 2.41. The molecule has 0 saturated heterocycles. The van der Waals surface area contributed by atoms with Gasteiger partial charge in [-0.05, 0) is 65.4 Å². The number of rotatable bonds is 3. The Morgan fingerprint density at radius 3 is 2.16 bits per heavy atom. The Kier molecular flexibility index (Phi) is 5.03. The summed E-state index contributed by atoms with van der Waals surface area (Å²) in [4.78, 5) is 9.82. The smallest absolute Gasteiger partial charge is 0.140 e. The van der Waals surface area contributed by atoms with Crippen LogP contribution in [0.4, 0.5) is 17.1 Å². The zero-order valence-electron chi connectivity index (χ0n) is 24.1. The molecule has 0 unspecified atom stereocenters. The normalized spacial score (nSPS) is 13.2. The number of hydrogen-bond acceptors (Lipinski definition) is 3. The molecule has 0 atom stereocenters. The van der Waals surface area contributed by atoms with Gasteiger partial charge in [0.1, 0.15) is 5.82 Å². The average Bonchev–Trinajstić information content (AvgIpc) is 3.68. The van der Waals surface area contributed by atoms with E-state index in [9.17, 15) is 0 Å². The molecule has 5 heteroatoms. The fourth-order valence-electron chi connectivity index (χ4n) is 6.92. The van der Waals surface area contributed by atoms with Gasteiger partial charge in [0.25, 0.3) is 0 Å². The molecule has 0 fully saturated rings. The Morgan fingerprint density at radius 2 is 1.28 bits per heavy atom. The molecule has 5 nitrogen and oxygen atoms in total. The van der Waals surface area contributed by atoms with E-state index in [1.165, 1.54) is 49.6 Å². The molecule has 43 heavy (non-hydrogen) atoms. The van der Waals surface area contributed by atoms with Gasteiger partial charge < -0.3 is 18.9 Å². The van der Waals surface area contributed by atoms with Crippen LogP contribution in [0.3, 0.4) is 0 Å². The Balaban J connectivity index is 1.24. The number of anilines is 3. The van der Waals surface area contributed by atoms with Gasteiger partial charge in [-0.25, -0.2) is 4.98 Å². The van der Waals surface area contributed by atoms with Crippen molar-refractivity contribution in [1.29, 1.82) is 0 Å². The van der Waals surface area contributed by atoms with Crippen molar-refractivity contribution in [3.8, 4) is 17.1 Å². The van der Waals surface area contributed by atoms with E-state index in [2.05, 4.69) is 160 Å². The SMILES string of the molecule is CN1CN(c2cccc(-n3c4ccccc4c4ccc(-c5nc6cc7ccccc7cc6n5C)cc43)c2)c2ccccc21. The minimum Gasteiger partial charge on any atom is -0.355 e. The Morgan fingerprint density at radius 1 is 0.558 bits per heavy atom. The molecule has 0 saturated carbocycles. The molecule has 8 aromatic rings. The Hall–Kier alpha value is -5.55. The van der Waals surface area contributed by atoms with Crippen LogP contribution in [0, 0.1) is 0 Å². The van der Waals surface area contributed by atoms with Gasteiger partial charge in [0.2, 0.25) is 0 Å². The van der Waals surface area contributed by atoms with Crippen molar-refractivity contribution in [2.24, 2.45) is 7.05 Å². The molecule has 9 rings (SSSR count). The topological polar surface area (TPSA) is 29.2 Å².